The van der Waals surface area contributed by atoms with Gasteiger partial charge in [-0.1, -0.05) is 0 Å². The SMILES string of the molecule is Cc1ccnc(-c2cccc3c2sc2c[c]4c(cc23)-c2cccc[c]2[Ge]4([CH3])[CH3])c1. The van der Waals surface area contributed by atoms with Crippen molar-refractivity contribution in [3.8, 4) is 22.4 Å². The van der Waals surface area contributed by atoms with Crippen LogP contribution in [0.1, 0.15) is 5.56 Å². The van der Waals surface area contributed by atoms with Gasteiger partial charge in [0.05, 0.1) is 0 Å². The minimum atomic E-state index is -2.23. The van der Waals surface area contributed by atoms with E-state index in [1.54, 1.807) is 8.79 Å². The van der Waals surface area contributed by atoms with Crippen molar-refractivity contribution >= 4 is 53.6 Å². The predicted molar refractivity (Wildman–Crippen MR) is 129 cm³/mol. The molecule has 0 radical (unpaired) electrons. The summed E-state index contributed by atoms with van der Waals surface area (Å²) in [5.74, 6) is 5.07. The molecule has 0 N–H and O–H groups in total. The van der Waals surface area contributed by atoms with Gasteiger partial charge in [-0.05, 0) is 0 Å². The molecule has 5 aromatic rings. The molecule has 0 fully saturated rings. The molecule has 140 valence electrons. The number of hydrogen-bond donors (Lipinski definition) is 0. The van der Waals surface area contributed by atoms with Crippen molar-refractivity contribution in [1.29, 1.82) is 0 Å². The number of pyridine rings is 1. The molecule has 1 nitrogen and oxygen atoms in total. The molecule has 0 aliphatic carbocycles. The second-order valence-corrected chi connectivity index (χ2v) is 18.7. The first-order valence-electron chi connectivity index (χ1n) is 10.1. The van der Waals surface area contributed by atoms with Gasteiger partial charge < -0.3 is 0 Å². The van der Waals surface area contributed by atoms with Crippen LogP contribution in [-0.2, 0) is 0 Å². The summed E-state index contributed by atoms with van der Waals surface area (Å²) in [6.45, 7) is 2.13. The van der Waals surface area contributed by atoms with E-state index in [0.29, 0.717) is 0 Å². The van der Waals surface area contributed by atoms with Crippen molar-refractivity contribution in [1.82, 2.24) is 4.98 Å². The quantitative estimate of drug-likeness (QED) is 0.275. The Balaban J connectivity index is 1.68. The molecule has 0 atom stereocenters. The van der Waals surface area contributed by atoms with Crippen molar-refractivity contribution in [3.63, 3.8) is 0 Å². The molecule has 3 heterocycles. The second-order valence-electron chi connectivity index (χ2n) is 8.57. The van der Waals surface area contributed by atoms with E-state index in [2.05, 4.69) is 90.2 Å². The Bertz CT molecular complexity index is 1440. The summed E-state index contributed by atoms with van der Waals surface area (Å²) in [5, 5.41) is 2.73. The number of benzene rings is 3. The van der Waals surface area contributed by atoms with E-state index in [1.807, 2.05) is 17.5 Å². The normalized spacial score (nSPS) is 14.3. The number of nitrogens with zero attached hydrogens (tertiary/aromatic N) is 1. The van der Waals surface area contributed by atoms with Gasteiger partial charge in [0.2, 0.25) is 0 Å². The van der Waals surface area contributed by atoms with Crippen LogP contribution in [0.3, 0.4) is 0 Å². The van der Waals surface area contributed by atoms with Crippen molar-refractivity contribution in [2.45, 2.75) is 18.4 Å². The zero-order valence-electron chi connectivity index (χ0n) is 16.8. The molecule has 3 aromatic carbocycles. The molecular formula is C26H21GeNS. The van der Waals surface area contributed by atoms with Crippen molar-refractivity contribution in [2.24, 2.45) is 0 Å². The third-order valence-corrected chi connectivity index (χ3v) is 15.0. The van der Waals surface area contributed by atoms with Crippen molar-refractivity contribution < 1.29 is 0 Å². The van der Waals surface area contributed by atoms with Gasteiger partial charge in [-0.3, -0.25) is 0 Å². The third-order valence-electron chi connectivity index (χ3n) is 6.39. The molecule has 2 aromatic heterocycles. The van der Waals surface area contributed by atoms with E-state index < -0.39 is 13.3 Å². The Labute approximate surface area is 177 Å². The number of aryl methyl sites for hydroxylation is 1. The third kappa shape index (κ3) is 2.42. The van der Waals surface area contributed by atoms with Crippen LogP contribution in [0, 0.1) is 6.92 Å². The average molecular weight is 452 g/mol. The molecular weight excluding hydrogens is 431 g/mol. The van der Waals surface area contributed by atoms with E-state index in [-0.39, 0.29) is 0 Å². The summed E-state index contributed by atoms with van der Waals surface area (Å²) < 4.78 is 6.00. The molecule has 29 heavy (non-hydrogen) atoms. The molecule has 0 saturated carbocycles. The van der Waals surface area contributed by atoms with E-state index in [1.165, 1.54) is 42.4 Å². The van der Waals surface area contributed by atoms with Gasteiger partial charge >= 0.3 is 178 Å². The monoisotopic (exact) mass is 453 g/mol. The maximum absolute atomic E-state index is 4.66. The second kappa shape index (κ2) is 6.04. The minimum absolute atomic E-state index is 1.07. The van der Waals surface area contributed by atoms with Crippen LogP contribution >= 0.6 is 11.3 Å². The van der Waals surface area contributed by atoms with Gasteiger partial charge in [-0.2, -0.15) is 0 Å². The van der Waals surface area contributed by atoms with Gasteiger partial charge in [-0.15, -0.1) is 0 Å². The zero-order chi connectivity index (χ0) is 19.8. The number of fused-ring (bicyclic) bond motifs is 6. The first-order valence-corrected chi connectivity index (χ1v) is 17.2. The first-order chi connectivity index (χ1) is 14.0. The van der Waals surface area contributed by atoms with Gasteiger partial charge in [0.25, 0.3) is 0 Å². The number of hydrogen-bond acceptors (Lipinski definition) is 2. The fraction of sp³-hybridized carbons (Fsp3) is 0.115. The standard InChI is InChI=1S/C26H21GeNS/c1-16-11-12-28-24(13-16)19-9-6-8-18-21-14-20-17-7-4-5-10-22(17)27(2,3)23(20)15-25(21)29-26(18)19/h4-15H,1-3H3. The molecule has 0 bridgehead atoms. The Morgan fingerprint density at radius 3 is 2.45 bits per heavy atom. The van der Waals surface area contributed by atoms with Crippen molar-refractivity contribution in [2.75, 3.05) is 0 Å². The Morgan fingerprint density at radius 1 is 0.759 bits per heavy atom. The summed E-state index contributed by atoms with van der Waals surface area (Å²) >= 11 is -0.301. The van der Waals surface area contributed by atoms with Crippen LogP contribution in [0.2, 0.25) is 11.5 Å². The fourth-order valence-corrected chi connectivity index (χ4v) is 12.8. The molecule has 6 rings (SSSR count). The average Bonchev–Trinajstić information content (AvgIpc) is 3.20. The van der Waals surface area contributed by atoms with Crippen LogP contribution < -0.4 is 8.79 Å². The Kier molecular flexibility index (Phi) is 3.63. The van der Waals surface area contributed by atoms with Crippen LogP contribution in [0.4, 0.5) is 0 Å². The van der Waals surface area contributed by atoms with Gasteiger partial charge in [0.15, 0.2) is 0 Å². The summed E-state index contributed by atoms with van der Waals surface area (Å²) in [4.78, 5) is 4.66. The summed E-state index contributed by atoms with van der Waals surface area (Å²) in [6, 6.07) is 25.0. The summed E-state index contributed by atoms with van der Waals surface area (Å²) in [6.07, 6.45) is 1.92. The molecule has 0 spiro atoms. The van der Waals surface area contributed by atoms with E-state index in [0.717, 1.165) is 5.69 Å². The topological polar surface area (TPSA) is 12.9 Å². The van der Waals surface area contributed by atoms with E-state index in [9.17, 15) is 0 Å². The number of rotatable bonds is 1. The molecule has 0 amide bonds. The van der Waals surface area contributed by atoms with E-state index >= 15 is 0 Å². The molecule has 3 heteroatoms. The van der Waals surface area contributed by atoms with Crippen LogP contribution in [-0.4, -0.2) is 18.3 Å². The van der Waals surface area contributed by atoms with Crippen LogP contribution in [0.5, 0.6) is 0 Å². The maximum atomic E-state index is 4.66. The molecule has 0 unspecified atom stereocenters. The predicted octanol–water partition coefficient (Wildman–Crippen LogP) is 6.23. The van der Waals surface area contributed by atoms with Crippen LogP contribution in [0.25, 0.3) is 42.6 Å². The van der Waals surface area contributed by atoms with E-state index in [4.69, 9.17) is 0 Å². The fourth-order valence-electron chi connectivity index (χ4n) is 4.88. The van der Waals surface area contributed by atoms with Gasteiger partial charge in [0, 0.05) is 0 Å². The first kappa shape index (κ1) is 17.4. The molecule has 1 aliphatic rings. The molecule has 0 saturated heterocycles. The number of thiophene rings is 1. The Hall–Kier alpha value is -2.43. The molecule has 1 aliphatic heterocycles. The summed E-state index contributed by atoms with van der Waals surface area (Å²) in [7, 11) is 0. The van der Waals surface area contributed by atoms with Gasteiger partial charge in [-0.25, -0.2) is 0 Å². The van der Waals surface area contributed by atoms with Gasteiger partial charge in [0.1, 0.15) is 0 Å². The number of aromatic nitrogens is 1. The van der Waals surface area contributed by atoms with Crippen LogP contribution in [0.15, 0.2) is 72.9 Å². The van der Waals surface area contributed by atoms with Crippen molar-refractivity contribution in [3.05, 3.63) is 78.5 Å². The zero-order valence-corrected chi connectivity index (χ0v) is 19.7. The Morgan fingerprint density at radius 2 is 1.59 bits per heavy atom. The summed E-state index contributed by atoms with van der Waals surface area (Å²) in [5.41, 5.74) is 6.49.